The van der Waals surface area contributed by atoms with E-state index < -0.39 is 0 Å². The van der Waals surface area contributed by atoms with Crippen molar-refractivity contribution in [2.75, 3.05) is 13.2 Å². The summed E-state index contributed by atoms with van der Waals surface area (Å²) >= 11 is 0. The van der Waals surface area contributed by atoms with Crippen molar-refractivity contribution in [3.05, 3.63) is 29.8 Å². The van der Waals surface area contributed by atoms with Crippen LogP contribution in [0.25, 0.3) is 0 Å². The van der Waals surface area contributed by atoms with Crippen molar-refractivity contribution < 1.29 is 4.74 Å². The molecule has 0 fully saturated rings. The van der Waals surface area contributed by atoms with E-state index in [0.29, 0.717) is 6.04 Å². The first kappa shape index (κ1) is 15.4. The second-order valence-electron chi connectivity index (χ2n) is 5.83. The standard InChI is InChI=1S/C18H29NO/c1-2-3-4-5-6-7-8-11-14-19-17-15-20-18-13-10-9-12-16(17)18/h9-10,12-13,17,19H,2-8,11,14-15H2,1H3. The van der Waals surface area contributed by atoms with Gasteiger partial charge in [0.05, 0.1) is 6.04 Å². The van der Waals surface area contributed by atoms with Crippen LogP contribution in [0.4, 0.5) is 0 Å². The monoisotopic (exact) mass is 275 g/mol. The summed E-state index contributed by atoms with van der Waals surface area (Å²) in [7, 11) is 0. The number of nitrogens with one attached hydrogen (secondary N) is 1. The molecule has 0 amide bonds. The highest BCUT2D eigenvalue weighted by atomic mass is 16.5. The summed E-state index contributed by atoms with van der Waals surface area (Å²) in [5.74, 6) is 1.06. The van der Waals surface area contributed by atoms with Gasteiger partial charge in [0, 0.05) is 5.56 Å². The Kier molecular flexibility index (Phi) is 6.93. The number of hydrogen-bond donors (Lipinski definition) is 1. The average molecular weight is 275 g/mol. The predicted molar refractivity (Wildman–Crippen MR) is 85.3 cm³/mol. The van der Waals surface area contributed by atoms with Crippen LogP contribution in [0, 0.1) is 0 Å². The maximum Gasteiger partial charge on any atom is 0.124 e. The zero-order chi connectivity index (χ0) is 14.0. The van der Waals surface area contributed by atoms with Gasteiger partial charge < -0.3 is 10.1 Å². The van der Waals surface area contributed by atoms with E-state index in [2.05, 4.69) is 30.4 Å². The van der Waals surface area contributed by atoms with Crippen LogP contribution in [0.2, 0.25) is 0 Å². The van der Waals surface area contributed by atoms with Crippen molar-refractivity contribution >= 4 is 0 Å². The molecule has 1 N–H and O–H groups in total. The van der Waals surface area contributed by atoms with Crippen molar-refractivity contribution in [2.45, 2.75) is 64.3 Å². The molecule has 2 heteroatoms. The van der Waals surface area contributed by atoms with E-state index in [4.69, 9.17) is 4.74 Å². The molecule has 0 bridgehead atoms. The molecular formula is C18H29NO. The highest BCUT2D eigenvalue weighted by molar-refractivity contribution is 5.39. The molecule has 0 spiro atoms. The zero-order valence-electron chi connectivity index (χ0n) is 12.9. The third-order valence-electron chi connectivity index (χ3n) is 4.12. The molecule has 0 aromatic heterocycles. The van der Waals surface area contributed by atoms with Crippen molar-refractivity contribution in [1.29, 1.82) is 0 Å². The molecule has 1 aromatic carbocycles. The lowest BCUT2D eigenvalue weighted by Gasteiger charge is -2.11. The van der Waals surface area contributed by atoms with Crippen molar-refractivity contribution in [3.63, 3.8) is 0 Å². The van der Waals surface area contributed by atoms with Crippen molar-refractivity contribution in [1.82, 2.24) is 5.32 Å². The van der Waals surface area contributed by atoms with Crippen molar-refractivity contribution in [3.8, 4) is 5.75 Å². The molecule has 0 aliphatic carbocycles. The molecule has 0 saturated heterocycles. The first-order chi connectivity index (χ1) is 9.92. The summed E-state index contributed by atoms with van der Waals surface area (Å²) < 4.78 is 5.68. The molecule has 0 radical (unpaired) electrons. The first-order valence-electron chi connectivity index (χ1n) is 8.37. The van der Waals surface area contributed by atoms with Crippen LogP contribution >= 0.6 is 0 Å². The number of fused-ring (bicyclic) bond motifs is 1. The Bertz CT molecular complexity index is 377. The number of hydrogen-bond acceptors (Lipinski definition) is 2. The smallest absolute Gasteiger partial charge is 0.124 e. The molecule has 2 nitrogen and oxygen atoms in total. The van der Waals surface area contributed by atoms with Crippen LogP contribution < -0.4 is 10.1 Å². The Morgan fingerprint density at radius 2 is 1.70 bits per heavy atom. The highest BCUT2D eigenvalue weighted by Gasteiger charge is 2.22. The van der Waals surface area contributed by atoms with Crippen LogP contribution in [0.5, 0.6) is 5.75 Å². The van der Waals surface area contributed by atoms with Gasteiger partial charge in [-0.2, -0.15) is 0 Å². The van der Waals surface area contributed by atoms with Gasteiger partial charge in [0.25, 0.3) is 0 Å². The number of rotatable bonds is 10. The van der Waals surface area contributed by atoms with Gasteiger partial charge in [0.1, 0.15) is 12.4 Å². The number of benzene rings is 1. The van der Waals surface area contributed by atoms with Crippen molar-refractivity contribution in [2.24, 2.45) is 0 Å². The van der Waals surface area contributed by atoms with E-state index in [1.165, 1.54) is 56.9 Å². The summed E-state index contributed by atoms with van der Waals surface area (Å²) in [4.78, 5) is 0. The van der Waals surface area contributed by atoms with Gasteiger partial charge in [-0.25, -0.2) is 0 Å². The summed E-state index contributed by atoms with van der Waals surface area (Å²) in [6, 6.07) is 8.77. The molecular weight excluding hydrogens is 246 g/mol. The van der Waals surface area contributed by atoms with Gasteiger partial charge in [-0.3, -0.25) is 0 Å². The first-order valence-corrected chi connectivity index (χ1v) is 8.37. The Labute approximate surface area is 123 Å². The average Bonchev–Trinajstić information content (AvgIpc) is 2.89. The summed E-state index contributed by atoms with van der Waals surface area (Å²) in [6.45, 7) is 4.17. The Morgan fingerprint density at radius 3 is 2.50 bits per heavy atom. The molecule has 1 heterocycles. The lowest BCUT2D eigenvalue weighted by atomic mass is 10.1. The third-order valence-corrected chi connectivity index (χ3v) is 4.12. The van der Waals surface area contributed by atoms with Crippen LogP contribution in [0.1, 0.15) is 69.9 Å². The lowest BCUT2D eigenvalue weighted by molar-refractivity contribution is 0.310. The quantitative estimate of drug-likeness (QED) is 0.616. The second-order valence-corrected chi connectivity index (χ2v) is 5.83. The van der Waals surface area contributed by atoms with E-state index in [0.717, 1.165) is 18.9 Å². The fraction of sp³-hybridized carbons (Fsp3) is 0.667. The molecule has 1 aliphatic heterocycles. The summed E-state index contributed by atoms with van der Waals surface area (Å²) in [6.07, 6.45) is 11.0. The normalized spacial score (nSPS) is 16.9. The highest BCUT2D eigenvalue weighted by Crippen LogP contribution is 2.31. The molecule has 1 aliphatic rings. The van der Waals surface area contributed by atoms with Gasteiger partial charge >= 0.3 is 0 Å². The fourth-order valence-corrected chi connectivity index (χ4v) is 2.87. The maximum absolute atomic E-state index is 5.68. The van der Waals surface area contributed by atoms with Crippen LogP contribution in [0.3, 0.4) is 0 Å². The number of unbranched alkanes of at least 4 members (excludes halogenated alkanes) is 7. The molecule has 112 valence electrons. The van der Waals surface area contributed by atoms with E-state index in [-0.39, 0.29) is 0 Å². The molecule has 1 atom stereocenters. The largest absolute Gasteiger partial charge is 0.491 e. The van der Waals surface area contributed by atoms with E-state index in [1.807, 2.05) is 6.07 Å². The minimum Gasteiger partial charge on any atom is -0.491 e. The molecule has 2 rings (SSSR count). The Morgan fingerprint density at radius 1 is 1.00 bits per heavy atom. The molecule has 1 unspecified atom stereocenters. The van der Waals surface area contributed by atoms with Gasteiger partial charge in [-0.05, 0) is 19.0 Å². The van der Waals surface area contributed by atoms with Crippen LogP contribution in [0.15, 0.2) is 24.3 Å². The maximum atomic E-state index is 5.68. The van der Waals surface area contributed by atoms with E-state index >= 15 is 0 Å². The minimum atomic E-state index is 0.399. The van der Waals surface area contributed by atoms with E-state index in [1.54, 1.807) is 0 Å². The second kappa shape index (κ2) is 9.02. The van der Waals surface area contributed by atoms with E-state index in [9.17, 15) is 0 Å². The minimum absolute atomic E-state index is 0.399. The van der Waals surface area contributed by atoms with Gasteiger partial charge in [-0.15, -0.1) is 0 Å². The van der Waals surface area contributed by atoms with Gasteiger partial charge in [0.15, 0.2) is 0 Å². The predicted octanol–water partition coefficient (Wildman–Crippen LogP) is 4.85. The third kappa shape index (κ3) is 4.82. The van der Waals surface area contributed by atoms with Gasteiger partial charge in [-0.1, -0.05) is 70.1 Å². The Hall–Kier alpha value is -1.02. The topological polar surface area (TPSA) is 21.3 Å². The molecule has 20 heavy (non-hydrogen) atoms. The van der Waals surface area contributed by atoms with Crippen LogP contribution in [-0.4, -0.2) is 13.2 Å². The molecule has 1 aromatic rings. The van der Waals surface area contributed by atoms with Gasteiger partial charge in [0.2, 0.25) is 0 Å². The fourth-order valence-electron chi connectivity index (χ4n) is 2.87. The number of ether oxygens (including phenoxy) is 1. The lowest BCUT2D eigenvalue weighted by Crippen LogP contribution is -2.23. The summed E-state index contributed by atoms with van der Waals surface area (Å²) in [5.41, 5.74) is 1.33. The number of para-hydroxylation sites is 1. The summed E-state index contributed by atoms with van der Waals surface area (Å²) in [5, 5.41) is 3.62. The SMILES string of the molecule is CCCCCCCCCCNC1COc2ccccc21. The zero-order valence-corrected chi connectivity index (χ0v) is 12.9. The Balaban J connectivity index is 1.50. The molecule has 0 saturated carbocycles. The van der Waals surface area contributed by atoms with Crippen LogP contribution in [-0.2, 0) is 0 Å².